The molecule has 0 aliphatic carbocycles. The number of guanidine groups is 1. The number of aliphatic imine (C=N–C) groups is 1. The highest BCUT2D eigenvalue weighted by molar-refractivity contribution is 6.32. The van der Waals surface area contributed by atoms with E-state index in [-0.39, 0.29) is 18.2 Å². The highest BCUT2D eigenvalue weighted by atomic mass is 35.5. The molecule has 0 aliphatic rings. The van der Waals surface area contributed by atoms with Crippen molar-refractivity contribution in [2.24, 2.45) is 10.7 Å². The summed E-state index contributed by atoms with van der Waals surface area (Å²) in [6.07, 6.45) is -4.77. The fourth-order valence-corrected chi connectivity index (χ4v) is 1.72. The van der Waals surface area contributed by atoms with Crippen molar-refractivity contribution in [3.05, 3.63) is 28.8 Å². The van der Waals surface area contributed by atoms with E-state index in [1.165, 1.54) is 0 Å². The van der Waals surface area contributed by atoms with Crippen LogP contribution in [0, 0.1) is 0 Å². The topological polar surface area (TPSA) is 85.9 Å². The van der Waals surface area contributed by atoms with E-state index in [0.717, 1.165) is 5.56 Å². The summed E-state index contributed by atoms with van der Waals surface area (Å²) in [7, 11) is 0. The van der Waals surface area contributed by atoms with Crippen LogP contribution in [0.1, 0.15) is 5.56 Å². The maximum atomic E-state index is 12.0. The van der Waals surface area contributed by atoms with Crippen LogP contribution in [-0.2, 0) is 16.1 Å². The number of nitrogens with zero attached hydrogens (tertiary/aromatic N) is 1. The summed E-state index contributed by atoms with van der Waals surface area (Å²) in [5.41, 5.74) is 7.59. The summed E-state index contributed by atoms with van der Waals surface area (Å²) in [6.45, 7) is -0.649. The summed E-state index contributed by atoms with van der Waals surface area (Å²) in [5, 5.41) is 0.287. The highest BCUT2D eigenvalue weighted by Gasteiger charge is 2.41. The monoisotopic (exact) mass is 371 g/mol. The first-order valence-corrected chi connectivity index (χ1v) is 6.93. The standard InChI is InChI=1S/C13H14ClF4N3O3/c14-9-7-8(1-2-10(9)23-6-4-15)3-5-20-12(19)21-24-11(22)13(16,17)18/h1-2,7H,3-6H2,(H3,19,20,21). The van der Waals surface area contributed by atoms with E-state index in [0.29, 0.717) is 12.2 Å². The van der Waals surface area contributed by atoms with Crippen LogP contribution < -0.4 is 16.0 Å². The predicted molar refractivity (Wildman–Crippen MR) is 78.4 cm³/mol. The minimum Gasteiger partial charge on any atom is -0.489 e. The third-order valence-electron chi connectivity index (χ3n) is 2.49. The molecule has 0 fully saturated rings. The molecule has 134 valence electrons. The van der Waals surface area contributed by atoms with Crippen LogP contribution in [-0.4, -0.2) is 37.9 Å². The Morgan fingerprint density at radius 1 is 1.38 bits per heavy atom. The lowest BCUT2D eigenvalue weighted by Crippen LogP contribution is -2.38. The molecule has 0 atom stereocenters. The SMILES string of the molecule is NC(=NCCc1ccc(OCCF)c(Cl)c1)NOC(=O)C(F)(F)F. The largest absolute Gasteiger partial charge is 0.493 e. The Labute approximate surface area is 139 Å². The average Bonchev–Trinajstić information content (AvgIpc) is 2.51. The molecule has 1 rings (SSSR count). The summed E-state index contributed by atoms with van der Waals surface area (Å²) in [4.78, 5) is 17.8. The Bertz CT molecular complexity index is 596. The number of hydrogen-bond acceptors (Lipinski definition) is 4. The summed E-state index contributed by atoms with van der Waals surface area (Å²) < 4.78 is 52.7. The first kappa shape index (κ1) is 19.8. The van der Waals surface area contributed by atoms with E-state index in [9.17, 15) is 22.4 Å². The van der Waals surface area contributed by atoms with Crippen LogP contribution in [0.3, 0.4) is 0 Å². The number of carbonyl (C=O) groups is 1. The summed E-state index contributed by atoms with van der Waals surface area (Å²) in [6, 6.07) is 4.81. The third kappa shape index (κ3) is 6.90. The van der Waals surface area contributed by atoms with Crippen molar-refractivity contribution in [1.29, 1.82) is 0 Å². The van der Waals surface area contributed by atoms with Gasteiger partial charge in [0.2, 0.25) is 5.96 Å². The number of rotatable bonds is 6. The van der Waals surface area contributed by atoms with Crippen LogP contribution in [0.5, 0.6) is 5.75 Å². The number of halogens is 5. The summed E-state index contributed by atoms with van der Waals surface area (Å²) in [5.74, 6) is -2.58. The van der Waals surface area contributed by atoms with Gasteiger partial charge in [-0.25, -0.2) is 9.18 Å². The van der Waals surface area contributed by atoms with Gasteiger partial charge in [0.15, 0.2) is 0 Å². The molecule has 0 unspecified atom stereocenters. The maximum absolute atomic E-state index is 12.0. The van der Waals surface area contributed by atoms with Crippen LogP contribution in [0.25, 0.3) is 0 Å². The van der Waals surface area contributed by atoms with E-state index in [4.69, 9.17) is 22.1 Å². The van der Waals surface area contributed by atoms with Crippen molar-refractivity contribution >= 4 is 23.5 Å². The molecular weight excluding hydrogens is 358 g/mol. The molecule has 0 radical (unpaired) electrons. The zero-order valence-corrected chi connectivity index (χ0v) is 13.0. The Hall–Kier alpha value is -2.23. The predicted octanol–water partition coefficient (Wildman–Crippen LogP) is 2.16. The smallest absolute Gasteiger partial charge is 0.489 e. The van der Waals surface area contributed by atoms with Gasteiger partial charge in [0.1, 0.15) is 19.0 Å². The first-order valence-electron chi connectivity index (χ1n) is 6.55. The molecule has 0 spiro atoms. The van der Waals surface area contributed by atoms with Crippen molar-refractivity contribution in [1.82, 2.24) is 5.48 Å². The van der Waals surface area contributed by atoms with Gasteiger partial charge < -0.3 is 15.3 Å². The fourth-order valence-electron chi connectivity index (χ4n) is 1.46. The normalized spacial score (nSPS) is 12.0. The van der Waals surface area contributed by atoms with E-state index in [1.54, 1.807) is 23.7 Å². The quantitative estimate of drug-likeness (QED) is 0.346. The molecule has 0 aliphatic heterocycles. The second kappa shape index (κ2) is 9.16. The van der Waals surface area contributed by atoms with E-state index >= 15 is 0 Å². The van der Waals surface area contributed by atoms with Gasteiger partial charge in [-0.15, -0.1) is 0 Å². The second-order valence-electron chi connectivity index (χ2n) is 4.31. The fraction of sp³-hybridized carbons (Fsp3) is 0.385. The third-order valence-corrected chi connectivity index (χ3v) is 2.79. The zero-order chi connectivity index (χ0) is 18.2. The van der Waals surface area contributed by atoms with Crippen molar-refractivity contribution < 1.29 is 31.9 Å². The maximum Gasteiger partial charge on any atom is 0.493 e. The lowest BCUT2D eigenvalue weighted by atomic mass is 10.1. The molecule has 24 heavy (non-hydrogen) atoms. The molecular formula is C13H14ClF4N3O3. The minimum absolute atomic E-state index is 0.101. The molecule has 0 saturated carbocycles. The number of hydrogen-bond donors (Lipinski definition) is 2. The van der Waals surface area contributed by atoms with Crippen molar-refractivity contribution in [2.45, 2.75) is 12.6 Å². The molecule has 0 heterocycles. The van der Waals surface area contributed by atoms with Crippen molar-refractivity contribution in [2.75, 3.05) is 19.8 Å². The molecule has 0 aromatic heterocycles. The van der Waals surface area contributed by atoms with Crippen LogP contribution in [0.15, 0.2) is 23.2 Å². The number of nitrogens with one attached hydrogen (secondary N) is 1. The van der Waals surface area contributed by atoms with E-state index < -0.39 is 24.8 Å². The van der Waals surface area contributed by atoms with Gasteiger partial charge in [0.05, 0.1) is 5.02 Å². The number of benzene rings is 1. The van der Waals surface area contributed by atoms with Crippen molar-refractivity contribution in [3.63, 3.8) is 0 Å². The van der Waals surface area contributed by atoms with E-state index in [1.807, 2.05) is 0 Å². The molecule has 0 bridgehead atoms. The number of alkyl halides is 4. The van der Waals surface area contributed by atoms with Gasteiger partial charge >= 0.3 is 12.1 Å². The Morgan fingerprint density at radius 3 is 2.67 bits per heavy atom. The molecule has 11 heteroatoms. The van der Waals surface area contributed by atoms with Gasteiger partial charge in [-0.3, -0.25) is 4.99 Å². The van der Waals surface area contributed by atoms with E-state index in [2.05, 4.69) is 9.83 Å². The Morgan fingerprint density at radius 2 is 2.08 bits per heavy atom. The zero-order valence-electron chi connectivity index (χ0n) is 12.2. The number of ether oxygens (including phenoxy) is 1. The Kier molecular flexibility index (Phi) is 7.56. The molecule has 1 aromatic carbocycles. The van der Waals surface area contributed by atoms with Gasteiger partial charge in [0.25, 0.3) is 0 Å². The average molecular weight is 372 g/mol. The lowest BCUT2D eigenvalue weighted by Gasteiger charge is -2.08. The van der Waals surface area contributed by atoms with Gasteiger partial charge in [-0.1, -0.05) is 17.7 Å². The molecule has 6 nitrogen and oxygen atoms in total. The second-order valence-corrected chi connectivity index (χ2v) is 4.72. The highest BCUT2D eigenvalue weighted by Crippen LogP contribution is 2.25. The van der Waals surface area contributed by atoms with Crippen LogP contribution >= 0.6 is 11.6 Å². The Balaban J connectivity index is 2.45. The molecule has 3 N–H and O–H groups in total. The van der Waals surface area contributed by atoms with Crippen molar-refractivity contribution in [3.8, 4) is 5.75 Å². The summed E-state index contributed by atoms with van der Waals surface area (Å²) >= 11 is 5.95. The first-order chi connectivity index (χ1) is 11.2. The minimum atomic E-state index is -5.13. The molecule has 0 amide bonds. The molecule has 0 saturated heterocycles. The number of carbonyl (C=O) groups excluding carboxylic acids is 1. The van der Waals surface area contributed by atoms with Gasteiger partial charge in [-0.05, 0) is 24.1 Å². The van der Waals surface area contributed by atoms with Crippen LogP contribution in [0.2, 0.25) is 5.02 Å². The van der Waals surface area contributed by atoms with Gasteiger partial charge in [-0.2, -0.15) is 18.7 Å². The lowest BCUT2D eigenvalue weighted by molar-refractivity contribution is -0.203. The number of hydroxylamine groups is 1. The van der Waals surface area contributed by atoms with Gasteiger partial charge in [0, 0.05) is 6.54 Å². The van der Waals surface area contributed by atoms with Crippen LogP contribution in [0.4, 0.5) is 17.6 Å². The number of nitrogens with two attached hydrogens (primary N) is 1. The molecule has 1 aromatic rings.